The number of amides is 1. The molecule has 0 bridgehead atoms. The zero-order chi connectivity index (χ0) is 21.2. The summed E-state index contributed by atoms with van der Waals surface area (Å²) in [4.78, 5) is 21.7. The molecular formula is C21H24ClFN4O2. The number of ether oxygens (including phenoxy) is 1. The molecule has 1 unspecified atom stereocenters. The molecule has 1 fully saturated rings. The molecule has 2 aromatic rings. The first kappa shape index (κ1) is 21.1. The predicted molar refractivity (Wildman–Crippen MR) is 107 cm³/mol. The van der Waals surface area contributed by atoms with Gasteiger partial charge in [-0.05, 0) is 51.3 Å². The molecule has 1 N–H and O–H groups in total. The highest BCUT2D eigenvalue weighted by molar-refractivity contribution is 6.30. The number of likely N-dealkylation sites (tertiary alicyclic amines) is 1. The molecule has 0 aliphatic carbocycles. The first-order valence-corrected chi connectivity index (χ1v) is 9.93. The van der Waals surface area contributed by atoms with Crippen LogP contribution in [-0.2, 0) is 4.74 Å². The summed E-state index contributed by atoms with van der Waals surface area (Å²) in [7, 11) is 0. The van der Waals surface area contributed by atoms with E-state index in [9.17, 15) is 14.4 Å². The van der Waals surface area contributed by atoms with Gasteiger partial charge in [-0.3, -0.25) is 0 Å². The minimum Gasteiger partial charge on any atom is -0.444 e. The highest BCUT2D eigenvalue weighted by atomic mass is 35.5. The van der Waals surface area contributed by atoms with E-state index < -0.39 is 17.3 Å². The van der Waals surface area contributed by atoms with Gasteiger partial charge in [-0.25, -0.2) is 14.2 Å². The van der Waals surface area contributed by atoms with Crippen molar-refractivity contribution >= 4 is 17.7 Å². The standard InChI is InChI=1S/C21H24ClFN4O2/c1-21(2,3)29-20(28)27-8-6-13(7-9-27)19-25-12-18(26-19)15(11-24)14-4-5-17(23)16(22)10-14/h4-5,10,12-13,15H,6-9H2,1-3H3,(H,25,26). The largest absolute Gasteiger partial charge is 0.444 e. The molecule has 1 aliphatic rings. The molecule has 1 atom stereocenters. The van der Waals surface area contributed by atoms with Crippen LogP contribution < -0.4 is 0 Å². The molecular weight excluding hydrogens is 395 g/mol. The van der Waals surface area contributed by atoms with E-state index in [0.717, 1.165) is 18.7 Å². The van der Waals surface area contributed by atoms with Gasteiger partial charge in [0.15, 0.2) is 0 Å². The van der Waals surface area contributed by atoms with Gasteiger partial charge in [-0.15, -0.1) is 0 Å². The summed E-state index contributed by atoms with van der Waals surface area (Å²) in [5, 5.41) is 9.58. The summed E-state index contributed by atoms with van der Waals surface area (Å²) in [5.41, 5.74) is 0.649. The van der Waals surface area contributed by atoms with E-state index in [1.807, 2.05) is 20.8 Å². The molecule has 2 heterocycles. The van der Waals surface area contributed by atoms with E-state index in [-0.39, 0.29) is 17.0 Å². The van der Waals surface area contributed by atoms with E-state index in [0.29, 0.717) is 24.3 Å². The van der Waals surface area contributed by atoms with E-state index in [2.05, 4.69) is 16.0 Å². The zero-order valence-corrected chi connectivity index (χ0v) is 17.5. The number of aromatic nitrogens is 2. The number of nitrogens with zero attached hydrogens (tertiary/aromatic N) is 3. The first-order chi connectivity index (χ1) is 13.7. The molecule has 1 aromatic heterocycles. The summed E-state index contributed by atoms with van der Waals surface area (Å²) >= 11 is 5.85. The number of piperidine rings is 1. The van der Waals surface area contributed by atoms with E-state index in [4.69, 9.17) is 16.3 Å². The summed E-state index contributed by atoms with van der Waals surface area (Å²) in [6, 6.07) is 6.46. The Hall–Kier alpha value is -2.59. The number of rotatable bonds is 3. The van der Waals surface area contributed by atoms with Crippen molar-refractivity contribution in [2.45, 2.75) is 51.0 Å². The fourth-order valence-corrected chi connectivity index (χ4v) is 3.56. The third-order valence-corrected chi connectivity index (χ3v) is 5.14. The highest BCUT2D eigenvalue weighted by Crippen LogP contribution is 2.30. The van der Waals surface area contributed by atoms with Crippen molar-refractivity contribution in [1.29, 1.82) is 5.26 Å². The smallest absolute Gasteiger partial charge is 0.410 e. The second-order valence-corrected chi connectivity index (χ2v) is 8.60. The van der Waals surface area contributed by atoms with Crippen LogP contribution in [0.4, 0.5) is 9.18 Å². The molecule has 1 aliphatic heterocycles. The predicted octanol–water partition coefficient (Wildman–Crippen LogP) is 4.97. The molecule has 0 radical (unpaired) electrons. The molecule has 3 rings (SSSR count). The average Bonchev–Trinajstić information content (AvgIpc) is 3.14. The third-order valence-electron chi connectivity index (χ3n) is 4.85. The van der Waals surface area contributed by atoms with E-state index in [1.54, 1.807) is 17.2 Å². The Balaban J connectivity index is 1.67. The molecule has 1 saturated heterocycles. The number of H-pyrrole nitrogens is 1. The Bertz CT molecular complexity index is 923. The van der Waals surface area contributed by atoms with E-state index in [1.165, 1.54) is 12.1 Å². The Morgan fingerprint density at radius 3 is 2.69 bits per heavy atom. The van der Waals surface area contributed by atoms with Crippen molar-refractivity contribution in [2.24, 2.45) is 0 Å². The SMILES string of the molecule is CC(C)(C)OC(=O)N1CCC(c2nc(C(C#N)c3ccc(F)c(Cl)c3)c[nH]2)CC1. The van der Waals surface area contributed by atoms with Crippen LogP contribution in [0.25, 0.3) is 0 Å². The monoisotopic (exact) mass is 418 g/mol. The lowest BCUT2D eigenvalue weighted by atomic mass is 9.96. The highest BCUT2D eigenvalue weighted by Gasteiger charge is 2.29. The lowest BCUT2D eigenvalue weighted by Gasteiger charge is -2.32. The minimum atomic E-state index is -0.639. The Morgan fingerprint density at radius 1 is 1.41 bits per heavy atom. The van der Waals surface area contributed by atoms with Crippen LogP contribution >= 0.6 is 11.6 Å². The second-order valence-electron chi connectivity index (χ2n) is 8.19. The topological polar surface area (TPSA) is 82.0 Å². The number of nitriles is 1. The van der Waals surface area contributed by atoms with Crippen molar-refractivity contribution in [3.8, 4) is 6.07 Å². The van der Waals surface area contributed by atoms with Crippen LogP contribution in [0.15, 0.2) is 24.4 Å². The van der Waals surface area contributed by atoms with Gasteiger partial charge in [0.25, 0.3) is 0 Å². The fourth-order valence-electron chi connectivity index (χ4n) is 3.37. The molecule has 154 valence electrons. The molecule has 8 heteroatoms. The van der Waals surface area contributed by atoms with Crippen LogP contribution in [0, 0.1) is 17.1 Å². The van der Waals surface area contributed by atoms with Gasteiger partial charge in [-0.2, -0.15) is 5.26 Å². The van der Waals surface area contributed by atoms with Crippen molar-refractivity contribution in [3.05, 3.63) is 52.3 Å². The maximum absolute atomic E-state index is 13.4. The zero-order valence-electron chi connectivity index (χ0n) is 16.7. The Kier molecular flexibility index (Phi) is 6.13. The van der Waals surface area contributed by atoms with Gasteiger partial charge in [0.2, 0.25) is 0 Å². The van der Waals surface area contributed by atoms with Crippen molar-refractivity contribution in [3.63, 3.8) is 0 Å². The number of aromatic amines is 1. The van der Waals surface area contributed by atoms with Crippen molar-refractivity contribution in [1.82, 2.24) is 14.9 Å². The van der Waals surface area contributed by atoms with E-state index >= 15 is 0 Å². The van der Waals surface area contributed by atoms with Gasteiger partial charge in [0.1, 0.15) is 23.2 Å². The molecule has 29 heavy (non-hydrogen) atoms. The quantitative estimate of drug-likeness (QED) is 0.762. The summed E-state index contributed by atoms with van der Waals surface area (Å²) < 4.78 is 18.8. The number of hydrogen-bond acceptors (Lipinski definition) is 4. The molecule has 0 spiro atoms. The molecule has 1 amide bonds. The van der Waals surface area contributed by atoms with Crippen LogP contribution in [0.2, 0.25) is 5.02 Å². The third kappa shape index (κ3) is 5.07. The van der Waals surface area contributed by atoms with Gasteiger partial charge >= 0.3 is 6.09 Å². The van der Waals surface area contributed by atoms with Gasteiger partial charge in [0.05, 0.1) is 16.8 Å². The Morgan fingerprint density at radius 2 is 2.10 bits per heavy atom. The van der Waals surface area contributed by atoms with Crippen LogP contribution in [0.3, 0.4) is 0 Å². The maximum atomic E-state index is 13.4. The number of halogens is 2. The summed E-state index contributed by atoms with van der Waals surface area (Å²) in [5.74, 6) is -0.206. The van der Waals surface area contributed by atoms with Crippen LogP contribution in [0.1, 0.15) is 62.5 Å². The van der Waals surface area contributed by atoms with Crippen LogP contribution in [0.5, 0.6) is 0 Å². The number of hydrogen-bond donors (Lipinski definition) is 1. The molecule has 0 saturated carbocycles. The lowest BCUT2D eigenvalue weighted by molar-refractivity contribution is 0.0203. The van der Waals surface area contributed by atoms with Crippen molar-refractivity contribution < 1.29 is 13.9 Å². The Labute approximate surface area is 174 Å². The van der Waals surface area contributed by atoms with Gasteiger partial charge in [-0.1, -0.05) is 17.7 Å². The average molecular weight is 419 g/mol. The number of carbonyl (C=O) groups excluding carboxylic acids is 1. The number of benzene rings is 1. The maximum Gasteiger partial charge on any atom is 0.410 e. The molecule has 1 aromatic carbocycles. The second kappa shape index (κ2) is 8.42. The van der Waals surface area contributed by atoms with Gasteiger partial charge < -0.3 is 14.6 Å². The molecule has 6 nitrogen and oxygen atoms in total. The summed E-state index contributed by atoms with van der Waals surface area (Å²) in [6.07, 6.45) is 2.92. The first-order valence-electron chi connectivity index (χ1n) is 9.55. The number of carbonyl (C=O) groups is 1. The number of imidazole rings is 1. The van der Waals surface area contributed by atoms with Crippen LogP contribution in [-0.4, -0.2) is 39.7 Å². The minimum absolute atomic E-state index is 0.0203. The fraction of sp³-hybridized carbons (Fsp3) is 0.476. The normalized spacial score (nSPS) is 16.3. The van der Waals surface area contributed by atoms with Crippen molar-refractivity contribution in [2.75, 3.05) is 13.1 Å². The number of nitrogens with one attached hydrogen (secondary N) is 1. The van der Waals surface area contributed by atoms with Gasteiger partial charge in [0, 0.05) is 25.2 Å². The summed E-state index contributed by atoms with van der Waals surface area (Å²) in [6.45, 7) is 6.72. The lowest BCUT2D eigenvalue weighted by Crippen LogP contribution is -2.41.